The molecule has 2 saturated heterocycles. The summed E-state index contributed by atoms with van der Waals surface area (Å²) < 4.78 is 32.0. The van der Waals surface area contributed by atoms with E-state index in [1.165, 1.54) is 12.0 Å². The molecule has 6 nitrogen and oxygen atoms in total. The number of halogens is 2. The number of Topliss-reactive ketones (excluding diaryl/α,β-unsaturated/α-hetero) is 1. The van der Waals surface area contributed by atoms with Crippen LogP contribution in [0.15, 0.2) is 42.5 Å². The SMILES string of the molecule is COc1ccc(Cl)cc1CC1CN2C(=O)CC2(S(=O)(=O)Cc2ccc(Cl)cc2)C1=O. The highest BCUT2D eigenvalue weighted by molar-refractivity contribution is 7.93. The van der Waals surface area contributed by atoms with Gasteiger partial charge in [0.15, 0.2) is 15.6 Å². The molecule has 2 atom stereocenters. The molecular formula is C21H19Cl2NO5S. The van der Waals surface area contributed by atoms with Crippen LogP contribution in [0.4, 0.5) is 0 Å². The van der Waals surface area contributed by atoms with Gasteiger partial charge in [0, 0.05) is 22.5 Å². The number of hydrogen-bond acceptors (Lipinski definition) is 5. The second kappa shape index (κ2) is 7.55. The number of ether oxygens (including phenoxy) is 1. The zero-order valence-electron chi connectivity index (χ0n) is 16.1. The minimum atomic E-state index is -3.96. The summed E-state index contributed by atoms with van der Waals surface area (Å²) in [5.74, 6) is -1.20. The number of benzene rings is 2. The molecule has 2 unspecified atom stereocenters. The lowest BCUT2D eigenvalue weighted by molar-refractivity contribution is -0.150. The molecule has 0 radical (unpaired) electrons. The molecule has 2 heterocycles. The Morgan fingerprint density at radius 1 is 1.10 bits per heavy atom. The number of β-lactam (4-membered cyclic amide) rings is 1. The predicted molar refractivity (Wildman–Crippen MR) is 113 cm³/mol. The molecule has 4 rings (SSSR count). The molecule has 2 fully saturated rings. The third kappa shape index (κ3) is 3.29. The summed E-state index contributed by atoms with van der Waals surface area (Å²) in [6.45, 7) is 0.0627. The Bertz CT molecular complexity index is 1130. The summed E-state index contributed by atoms with van der Waals surface area (Å²) in [6, 6.07) is 11.5. The van der Waals surface area contributed by atoms with E-state index in [1.807, 2.05) is 0 Å². The highest BCUT2D eigenvalue weighted by Gasteiger charge is 2.70. The van der Waals surface area contributed by atoms with Gasteiger partial charge < -0.3 is 9.64 Å². The van der Waals surface area contributed by atoms with Gasteiger partial charge >= 0.3 is 0 Å². The van der Waals surface area contributed by atoms with Crippen molar-refractivity contribution in [2.45, 2.75) is 23.5 Å². The van der Waals surface area contributed by atoms with E-state index < -0.39 is 26.4 Å². The van der Waals surface area contributed by atoms with Crippen LogP contribution in [0.2, 0.25) is 10.0 Å². The summed E-state index contributed by atoms with van der Waals surface area (Å²) in [7, 11) is -2.45. The Labute approximate surface area is 184 Å². The van der Waals surface area contributed by atoms with Crippen molar-refractivity contribution < 1.29 is 22.7 Å². The summed E-state index contributed by atoms with van der Waals surface area (Å²) in [5.41, 5.74) is 1.21. The minimum Gasteiger partial charge on any atom is -0.496 e. The number of carbonyl (C=O) groups is 2. The van der Waals surface area contributed by atoms with Crippen LogP contribution in [0, 0.1) is 5.92 Å². The maximum atomic E-state index is 13.3. The number of amides is 1. The molecule has 2 aromatic carbocycles. The fourth-order valence-corrected chi connectivity index (χ4v) is 6.80. The molecule has 0 aliphatic carbocycles. The molecule has 0 aromatic heterocycles. The second-order valence-corrected chi connectivity index (χ2v) is 10.6. The highest BCUT2D eigenvalue weighted by atomic mass is 35.5. The molecule has 158 valence electrons. The van der Waals surface area contributed by atoms with Crippen molar-refractivity contribution in [3.8, 4) is 5.75 Å². The number of sulfone groups is 1. The summed E-state index contributed by atoms with van der Waals surface area (Å²) in [6.07, 6.45) is -0.0739. The number of ketones is 1. The van der Waals surface area contributed by atoms with Gasteiger partial charge in [-0.1, -0.05) is 35.3 Å². The van der Waals surface area contributed by atoms with Crippen LogP contribution in [0.3, 0.4) is 0 Å². The molecular weight excluding hydrogens is 449 g/mol. The van der Waals surface area contributed by atoms with Gasteiger partial charge in [-0.15, -0.1) is 0 Å². The van der Waals surface area contributed by atoms with Crippen LogP contribution in [-0.4, -0.2) is 43.5 Å². The molecule has 0 spiro atoms. The average Bonchev–Trinajstić information content (AvgIpc) is 2.92. The highest BCUT2D eigenvalue weighted by Crippen LogP contribution is 2.47. The topological polar surface area (TPSA) is 80.8 Å². The van der Waals surface area contributed by atoms with Gasteiger partial charge in [0.2, 0.25) is 10.8 Å². The summed E-state index contributed by atoms with van der Waals surface area (Å²) in [5, 5.41) is 0.975. The van der Waals surface area contributed by atoms with E-state index in [9.17, 15) is 18.0 Å². The number of hydrogen-bond donors (Lipinski definition) is 0. The van der Waals surface area contributed by atoms with E-state index in [1.54, 1.807) is 42.5 Å². The van der Waals surface area contributed by atoms with Crippen LogP contribution in [0.1, 0.15) is 17.5 Å². The smallest absolute Gasteiger partial charge is 0.228 e. The Kier molecular flexibility index (Phi) is 5.33. The summed E-state index contributed by atoms with van der Waals surface area (Å²) in [4.78, 5) is 25.0. The van der Waals surface area contributed by atoms with E-state index in [4.69, 9.17) is 27.9 Å². The van der Waals surface area contributed by atoms with Crippen molar-refractivity contribution in [3.05, 3.63) is 63.6 Å². The molecule has 1 amide bonds. The molecule has 9 heteroatoms. The van der Waals surface area contributed by atoms with Gasteiger partial charge in [-0.25, -0.2) is 8.42 Å². The maximum absolute atomic E-state index is 13.3. The standard InChI is InChI=1S/C21H19Cl2NO5S/c1-29-18-7-6-17(23)9-14(18)8-15-11-24-19(25)10-21(24,20(15)26)30(27,28)12-13-2-4-16(22)5-3-13/h2-7,9,15H,8,10-12H2,1H3. The van der Waals surface area contributed by atoms with Crippen molar-refractivity contribution >= 4 is 44.7 Å². The van der Waals surface area contributed by atoms with Gasteiger partial charge in [0.25, 0.3) is 0 Å². The lowest BCUT2D eigenvalue weighted by atomic mass is 9.92. The second-order valence-electron chi connectivity index (χ2n) is 7.57. The van der Waals surface area contributed by atoms with Crippen LogP contribution in [0.5, 0.6) is 5.75 Å². The Balaban J connectivity index is 1.64. The first kappa shape index (κ1) is 21.2. The molecule has 2 aliphatic heterocycles. The first-order chi connectivity index (χ1) is 14.2. The van der Waals surface area contributed by atoms with Crippen molar-refractivity contribution in [2.75, 3.05) is 13.7 Å². The Morgan fingerprint density at radius 2 is 1.77 bits per heavy atom. The quantitative estimate of drug-likeness (QED) is 0.608. The number of nitrogens with zero attached hydrogens (tertiary/aromatic N) is 1. The molecule has 0 bridgehead atoms. The van der Waals surface area contributed by atoms with Crippen molar-refractivity contribution in [1.82, 2.24) is 4.90 Å². The van der Waals surface area contributed by atoms with Crippen LogP contribution in [-0.2, 0) is 31.6 Å². The van der Waals surface area contributed by atoms with E-state index in [0.717, 1.165) is 0 Å². The lowest BCUT2D eigenvalue weighted by Crippen LogP contribution is -2.67. The first-order valence-electron chi connectivity index (χ1n) is 9.32. The largest absolute Gasteiger partial charge is 0.496 e. The monoisotopic (exact) mass is 467 g/mol. The van der Waals surface area contributed by atoms with E-state index in [-0.39, 0.29) is 31.0 Å². The number of rotatable bonds is 6. The maximum Gasteiger partial charge on any atom is 0.228 e. The minimum absolute atomic E-state index is 0.0627. The zero-order chi connectivity index (χ0) is 21.7. The van der Waals surface area contributed by atoms with E-state index >= 15 is 0 Å². The van der Waals surface area contributed by atoms with E-state index in [2.05, 4.69) is 0 Å². The fraction of sp³-hybridized carbons (Fsp3) is 0.333. The molecule has 2 aliphatic rings. The molecule has 0 N–H and O–H groups in total. The van der Waals surface area contributed by atoms with Gasteiger partial charge in [0.05, 0.1) is 19.3 Å². The lowest BCUT2D eigenvalue weighted by Gasteiger charge is -2.44. The van der Waals surface area contributed by atoms with E-state index in [0.29, 0.717) is 26.9 Å². The Hall–Kier alpha value is -2.09. The van der Waals surface area contributed by atoms with Crippen LogP contribution >= 0.6 is 23.2 Å². The third-order valence-corrected chi connectivity index (χ3v) is 8.58. The number of fused-ring (bicyclic) bond motifs is 1. The first-order valence-corrected chi connectivity index (χ1v) is 11.7. The van der Waals surface area contributed by atoms with Crippen LogP contribution in [0.25, 0.3) is 0 Å². The van der Waals surface area contributed by atoms with Gasteiger partial charge in [-0.05, 0) is 47.9 Å². The van der Waals surface area contributed by atoms with Crippen molar-refractivity contribution in [2.24, 2.45) is 5.92 Å². The average molecular weight is 468 g/mol. The van der Waals surface area contributed by atoms with Crippen LogP contribution < -0.4 is 4.74 Å². The Morgan fingerprint density at radius 3 is 2.40 bits per heavy atom. The third-order valence-electron chi connectivity index (χ3n) is 5.78. The van der Waals surface area contributed by atoms with Crippen molar-refractivity contribution in [3.63, 3.8) is 0 Å². The number of methoxy groups -OCH3 is 1. The predicted octanol–water partition coefficient (Wildman–Crippen LogP) is 3.29. The van der Waals surface area contributed by atoms with Gasteiger partial charge in [0.1, 0.15) is 5.75 Å². The fourth-order valence-electron chi connectivity index (χ4n) is 4.28. The van der Waals surface area contributed by atoms with Crippen molar-refractivity contribution in [1.29, 1.82) is 0 Å². The number of carbonyl (C=O) groups excluding carboxylic acids is 2. The summed E-state index contributed by atoms with van der Waals surface area (Å²) >= 11 is 11.9. The zero-order valence-corrected chi connectivity index (χ0v) is 18.4. The molecule has 2 aromatic rings. The molecule has 30 heavy (non-hydrogen) atoms. The van der Waals surface area contributed by atoms with Gasteiger partial charge in [-0.3, -0.25) is 9.59 Å². The van der Waals surface area contributed by atoms with Gasteiger partial charge in [-0.2, -0.15) is 0 Å². The normalized spacial score (nSPS) is 23.3. The molecule has 0 saturated carbocycles.